The Kier molecular flexibility index (Phi) is 6.48. The van der Waals surface area contributed by atoms with E-state index in [-0.39, 0.29) is 0 Å². The Bertz CT molecular complexity index is 425. The minimum absolute atomic E-state index is 0.475. The van der Waals surface area contributed by atoms with E-state index in [1.165, 1.54) is 0 Å². The van der Waals surface area contributed by atoms with Crippen LogP contribution in [0.15, 0.2) is 24.3 Å². The number of rotatable bonds is 5. The molecule has 0 atom stereocenters. The summed E-state index contributed by atoms with van der Waals surface area (Å²) in [7, 11) is 0. The molecule has 1 rings (SSSR count). The second-order valence-corrected chi connectivity index (χ2v) is 4.66. The van der Waals surface area contributed by atoms with E-state index in [0.29, 0.717) is 23.1 Å². The van der Waals surface area contributed by atoms with Crippen LogP contribution >= 0.6 is 23.8 Å². The molecule has 0 radical (unpaired) electrons. The van der Waals surface area contributed by atoms with E-state index in [4.69, 9.17) is 29.1 Å². The Morgan fingerprint density at radius 1 is 1.39 bits per heavy atom. The summed E-state index contributed by atoms with van der Waals surface area (Å²) in [5.74, 6) is 0. The van der Waals surface area contributed by atoms with Crippen molar-refractivity contribution in [3.63, 3.8) is 0 Å². The van der Waals surface area contributed by atoms with Crippen molar-refractivity contribution in [1.82, 2.24) is 4.90 Å². The monoisotopic (exact) mass is 281 g/mol. The molecule has 3 nitrogen and oxygen atoms in total. The number of hydrogen-bond donors (Lipinski definition) is 1. The highest BCUT2D eigenvalue weighted by atomic mass is 35.5. The molecule has 0 heterocycles. The first kappa shape index (κ1) is 14.7. The molecule has 0 saturated carbocycles. The number of benzene rings is 1. The average molecular weight is 282 g/mol. The topological polar surface area (TPSA) is 39.1 Å². The lowest BCUT2D eigenvalue weighted by Crippen LogP contribution is -2.36. The highest BCUT2D eigenvalue weighted by Gasteiger charge is 2.08. The molecule has 0 amide bonds. The lowest BCUT2D eigenvalue weighted by Gasteiger charge is -2.24. The second kappa shape index (κ2) is 7.91. The van der Waals surface area contributed by atoms with Crippen molar-refractivity contribution in [2.24, 2.45) is 0 Å². The molecular formula is C13H16ClN3S. The quantitative estimate of drug-likeness (QED) is 0.836. The maximum atomic E-state index is 8.63. The molecule has 1 aromatic carbocycles. The molecule has 0 aliphatic heterocycles. The van der Waals surface area contributed by atoms with Gasteiger partial charge in [0, 0.05) is 23.8 Å². The van der Waals surface area contributed by atoms with Crippen LogP contribution in [0, 0.1) is 11.3 Å². The van der Waals surface area contributed by atoms with Gasteiger partial charge in [0.05, 0.1) is 12.5 Å². The number of nitrogens with one attached hydrogen (secondary N) is 1. The molecule has 1 N–H and O–H groups in total. The molecule has 0 aliphatic rings. The van der Waals surface area contributed by atoms with E-state index in [1.54, 1.807) is 0 Å². The Morgan fingerprint density at radius 2 is 2.06 bits per heavy atom. The van der Waals surface area contributed by atoms with E-state index in [2.05, 4.69) is 18.3 Å². The van der Waals surface area contributed by atoms with Gasteiger partial charge in [0.2, 0.25) is 0 Å². The molecule has 1 aromatic rings. The second-order valence-electron chi connectivity index (χ2n) is 3.83. The normalized spacial score (nSPS) is 9.61. The van der Waals surface area contributed by atoms with Gasteiger partial charge in [0.25, 0.3) is 0 Å². The number of halogens is 1. The highest BCUT2D eigenvalue weighted by Crippen LogP contribution is 2.14. The average Bonchev–Trinajstić information content (AvgIpc) is 2.37. The minimum atomic E-state index is 0.475. The van der Waals surface area contributed by atoms with Crippen LogP contribution in [0.1, 0.15) is 19.8 Å². The molecule has 18 heavy (non-hydrogen) atoms. The van der Waals surface area contributed by atoms with E-state index >= 15 is 0 Å². The van der Waals surface area contributed by atoms with Crippen LogP contribution in [-0.4, -0.2) is 23.1 Å². The number of thiocarbonyl (C=S) groups is 1. The van der Waals surface area contributed by atoms with Crippen LogP contribution in [0.25, 0.3) is 0 Å². The zero-order valence-corrected chi connectivity index (χ0v) is 11.9. The van der Waals surface area contributed by atoms with Gasteiger partial charge in [0.15, 0.2) is 5.11 Å². The van der Waals surface area contributed by atoms with Gasteiger partial charge in [-0.05, 0) is 42.9 Å². The third-order valence-corrected chi connectivity index (χ3v) is 2.98. The number of nitrogens with zero attached hydrogens (tertiary/aromatic N) is 2. The summed E-state index contributed by atoms with van der Waals surface area (Å²) >= 11 is 11.2. The van der Waals surface area contributed by atoms with Crippen LogP contribution in [0.4, 0.5) is 5.69 Å². The van der Waals surface area contributed by atoms with Gasteiger partial charge in [-0.2, -0.15) is 5.26 Å². The number of nitriles is 1. The minimum Gasteiger partial charge on any atom is -0.348 e. The molecule has 0 spiro atoms. The maximum Gasteiger partial charge on any atom is 0.173 e. The zero-order chi connectivity index (χ0) is 13.4. The van der Waals surface area contributed by atoms with Crippen molar-refractivity contribution >= 4 is 34.6 Å². The van der Waals surface area contributed by atoms with Crippen LogP contribution in [0.5, 0.6) is 0 Å². The molecule has 0 bridgehead atoms. The maximum absolute atomic E-state index is 8.63. The summed E-state index contributed by atoms with van der Waals surface area (Å²) < 4.78 is 0. The first-order valence-electron chi connectivity index (χ1n) is 5.85. The Hall–Kier alpha value is -1.31. The van der Waals surface area contributed by atoms with Crippen LogP contribution in [-0.2, 0) is 0 Å². The Morgan fingerprint density at radius 3 is 2.61 bits per heavy atom. The molecular weight excluding hydrogens is 266 g/mol. The lowest BCUT2D eigenvalue weighted by atomic mass is 10.3. The largest absolute Gasteiger partial charge is 0.348 e. The predicted octanol–water partition coefficient (Wildman–Crippen LogP) is 3.66. The van der Waals surface area contributed by atoms with Gasteiger partial charge in [-0.3, -0.25) is 0 Å². The third-order valence-electron chi connectivity index (χ3n) is 2.37. The fourth-order valence-corrected chi connectivity index (χ4v) is 1.93. The van der Waals surface area contributed by atoms with Crippen LogP contribution in [0.2, 0.25) is 5.02 Å². The lowest BCUT2D eigenvalue weighted by molar-refractivity contribution is 0.432. The fourth-order valence-electron chi connectivity index (χ4n) is 1.51. The molecule has 96 valence electrons. The zero-order valence-electron chi connectivity index (χ0n) is 10.3. The van der Waals surface area contributed by atoms with Gasteiger partial charge in [0.1, 0.15) is 0 Å². The Labute approximate surface area is 118 Å². The molecule has 0 unspecified atom stereocenters. The summed E-state index contributed by atoms with van der Waals surface area (Å²) in [6.45, 7) is 3.59. The van der Waals surface area contributed by atoms with Crippen LogP contribution < -0.4 is 5.32 Å². The van der Waals surface area contributed by atoms with Gasteiger partial charge in [-0.15, -0.1) is 0 Å². The van der Waals surface area contributed by atoms with E-state index < -0.39 is 0 Å². The van der Waals surface area contributed by atoms with E-state index in [9.17, 15) is 0 Å². The van der Waals surface area contributed by atoms with Crippen molar-refractivity contribution < 1.29 is 0 Å². The number of anilines is 1. The first-order valence-corrected chi connectivity index (χ1v) is 6.64. The SMILES string of the molecule is CCCN(CCC#N)C(=S)Nc1ccc(Cl)cc1. The van der Waals surface area contributed by atoms with Gasteiger partial charge < -0.3 is 10.2 Å². The molecule has 5 heteroatoms. The van der Waals surface area contributed by atoms with Gasteiger partial charge in [-0.25, -0.2) is 0 Å². The van der Waals surface area contributed by atoms with E-state index in [1.807, 2.05) is 29.2 Å². The molecule has 0 saturated heterocycles. The summed E-state index contributed by atoms with van der Waals surface area (Å²) in [4.78, 5) is 2.01. The van der Waals surface area contributed by atoms with Crippen LogP contribution in [0.3, 0.4) is 0 Å². The van der Waals surface area contributed by atoms with Crippen molar-refractivity contribution in [1.29, 1.82) is 5.26 Å². The summed E-state index contributed by atoms with van der Waals surface area (Å²) in [6.07, 6.45) is 1.47. The smallest absolute Gasteiger partial charge is 0.173 e. The predicted molar refractivity (Wildman–Crippen MR) is 79.8 cm³/mol. The molecule has 0 fully saturated rings. The molecule has 0 aliphatic carbocycles. The standard InChI is InChI=1S/C13H16ClN3S/c1-2-9-17(10-3-8-15)13(18)16-12-6-4-11(14)5-7-12/h4-7H,2-3,9-10H2,1H3,(H,16,18). The van der Waals surface area contributed by atoms with Crippen molar-refractivity contribution in [3.05, 3.63) is 29.3 Å². The van der Waals surface area contributed by atoms with Crippen molar-refractivity contribution in [2.75, 3.05) is 18.4 Å². The third kappa shape index (κ3) is 4.91. The summed E-state index contributed by atoms with van der Waals surface area (Å²) in [6, 6.07) is 9.52. The summed E-state index contributed by atoms with van der Waals surface area (Å²) in [5.41, 5.74) is 0.905. The first-order chi connectivity index (χ1) is 8.67. The van der Waals surface area contributed by atoms with Gasteiger partial charge in [-0.1, -0.05) is 18.5 Å². The van der Waals surface area contributed by atoms with Gasteiger partial charge >= 0.3 is 0 Å². The van der Waals surface area contributed by atoms with E-state index in [0.717, 1.165) is 18.7 Å². The van der Waals surface area contributed by atoms with Crippen molar-refractivity contribution in [3.8, 4) is 6.07 Å². The van der Waals surface area contributed by atoms with Crippen molar-refractivity contribution in [2.45, 2.75) is 19.8 Å². The fraction of sp³-hybridized carbons (Fsp3) is 0.385. The summed E-state index contributed by atoms with van der Waals surface area (Å²) in [5, 5.41) is 13.1. The molecule has 0 aromatic heterocycles. The Balaban J connectivity index is 2.60. The highest BCUT2D eigenvalue weighted by molar-refractivity contribution is 7.80. The number of hydrogen-bond acceptors (Lipinski definition) is 2.